The molecular weight excluding hydrogens is 480 g/mol. The molecule has 1 heterocycles. The normalized spacial score (nSPS) is 12.4. The third-order valence-electron chi connectivity index (χ3n) is 5.27. The van der Waals surface area contributed by atoms with E-state index in [9.17, 15) is 35.4 Å². The molecule has 3 rings (SSSR count). The fraction of sp³-hybridized carbons (Fsp3) is 0.273. The Labute approximate surface area is 203 Å². The topological polar surface area (TPSA) is 211 Å². The summed E-state index contributed by atoms with van der Waals surface area (Å²) in [5.41, 5.74) is 4.89. The maximum absolute atomic E-state index is 12.4. The summed E-state index contributed by atoms with van der Waals surface area (Å²) < 4.78 is 5.45. The molecule has 13 heteroatoms. The molecule has 35 heavy (non-hydrogen) atoms. The molecule has 3 aromatic rings. The highest BCUT2D eigenvalue weighted by atomic mass is 32.1. The van der Waals surface area contributed by atoms with Crippen LogP contribution in [0.2, 0.25) is 0 Å². The van der Waals surface area contributed by atoms with Gasteiger partial charge in [-0.15, -0.1) is 11.3 Å². The number of phenols is 4. The lowest BCUT2D eigenvalue weighted by atomic mass is 10.0. The van der Waals surface area contributed by atoms with Gasteiger partial charge in [0.25, 0.3) is 11.7 Å². The van der Waals surface area contributed by atoms with E-state index >= 15 is 0 Å². The van der Waals surface area contributed by atoms with E-state index in [4.69, 9.17) is 10.5 Å². The fourth-order valence-corrected chi connectivity index (χ4v) is 3.92. The lowest BCUT2D eigenvalue weighted by Crippen LogP contribution is -2.40. The van der Waals surface area contributed by atoms with Gasteiger partial charge < -0.3 is 51.7 Å². The number of phenolic OH excluding ortho intramolecular Hbond substituents is 4. The van der Waals surface area contributed by atoms with Gasteiger partial charge in [-0.05, 0) is 18.5 Å². The van der Waals surface area contributed by atoms with E-state index in [2.05, 4.69) is 10.3 Å². The largest absolute Gasteiger partial charge is 0.504 e. The predicted octanol–water partition coefficient (Wildman–Crippen LogP) is 0.844. The minimum Gasteiger partial charge on any atom is -0.504 e. The Morgan fingerprint density at radius 1 is 1.11 bits per heavy atom. The zero-order valence-electron chi connectivity index (χ0n) is 18.6. The van der Waals surface area contributed by atoms with Crippen molar-refractivity contribution in [3.05, 3.63) is 52.5 Å². The number of hydrogen-bond donors (Lipinski definition) is 9. The molecule has 1 aromatic heterocycles. The van der Waals surface area contributed by atoms with Crippen LogP contribution in [-0.2, 0) is 21.7 Å². The highest BCUT2D eigenvalue weighted by Gasteiger charge is 2.39. The molecule has 1 unspecified atom stereocenters. The Bertz CT molecular complexity index is 1160. The molecule has 0 spiro atoms. The number of nitrogens with zero attached hydrogens (tertiary/aromatic N) is 1. The minimum atomic E-state index is -3.17. The molecule has 0 saturated heterocycles. The third-order valence-corrected chi connectivity index (χ3v) is 5.94. The molecule has 0 aliphatic carbocycles. The summed E-state index contributed by atoms with van der Waals surface area (Å²) in [5, 5.41) is 67.7. The van der Waals surface area contributed by atoms with Crippen LogP contribution in [0.15, 0.2) is 35.7 Å². The lowest BCUT2D eigenvalue weighted by molar-refractivity contribution is -0.185. The van der Waals surface area contributed by atoms with Crippen molar-refractivity contribution in [1.82, 2.24) is 10.3 Å². The number of benzene rings is 2. The number of rotatable bonds is 10. The summed E-state index contributed by atoms with van der Waals surface area (Å²) in [6, 6.07) is 9.47. The first-order chi connectivity index (χ1) is 16.6. The number of nitrogens with two attached hydrogens (primary N) is 1. The van der Waals surface area contributed by atoms with Crippen molar-refractivity contribution in [2.24, 2.45) is 0 Å². The quantitative estimate of drug-likeness (QED) is 0.0814. The van der Waals surface area contributed by atoms with Crippen LogP contribution in [0.1, 0.15) is 22.9 Å². The monoisotopic (exact) mass is 506 g/mol. The van der Waals surface area contributed by atoms with Crippen LogP contribution in [0, 0.1) is 0 Å². The highest BCUT2D eigenvalue weighted by Crippen LogP contribution is 2.50. The SMILES string of the molecule is COC(CNCCc1c(O)c(O)c(NC(=O)C(O)(O)c2csc(N)n2)c(O)c1O)c1ccccc1. The fourth-order valence-electron chi connectivity index (χ4n) is 3.32. The van der Waals surface area contributed by atoms with Gasteiger partial charge in [-0.25, -0.2) is 4.98 Å². The molecule has 12 nitrogen and oxygen atoms in total. The summed E-state index contributed by atoms with van der Waals surface area (Å²) in [6.45, 7) is 0.629. The zero-order valence-corrected chi connectivity index (χ0v) is 19.4. The standard InChI is InChI=1S/C22H26N4O8S/c1-34-13(11-5-3-2-4-6-11)9-24-8-7-12-16(27)18(29)15(19(30)17(12)28)26-20(31)22(32,33)14-10-35-21(23)25-14/h2-6,10,13,24,27-30,32-33H,7-9H2,1H3,(H2,23,25)(H,26,31). The van der Waals surface area contributed by atoms with Crippen LogP contribution in [0.5, 0.6) is 23.0 Å². The van der Waals surface area contributed by atoms with Crippen molar-refractivity contribution in [3.63, 3.8) is 0 Å². The van der Waals surface area contributed by atoms with Crippen molar-refractivity contribution in [2.75, 3.05) is 31.2 Å². The summed E-state index contributed by atoms with van der Waals surface area (Å²) in [5.74, 6) is -8.25. The first-order valence-corrected chi connectivity index (χ1v) is 11.2. The van der Waals surface area contributed by atoms with Gasteiger partial charge >= 0.3 is 0 Å². The van der Waals surface area contributed by atoms with Crippen molar-refractivity contribution in [1.29, 1.82) is 0 Å². The van der Waals surface area contributed by atoms with Gasteiger partial charge in [-0.2, -0.15) is 0 Å². The molecule has 188 valence electrons. The van der Waals surface area contributed by atoms with Crippen molar-refractivity contribution >= 4 is 28.1 Å². The van der Waals surface area contributed by atoms with Gasteiger partial charge in [0.05, 0.1) is 6.10 Å². The molecule has 1 atom stereocenters. The van der Waals surface area contributed by atoms with Crippen LogP contribution < -0.4 is 16.4 Å². The minimum absolute atomic E-state index is 0.0136. The lowest BCUT2D eigenvalue weighted by Gasteiger charge is -2.21. The molecule has 0 aliphatic rings. The Morgan fingerprint density at radius 2 is 1.74 bits per heavy atom. The number of anilines is 2. The van der Waals surface area contributed by atoms with Crippen LogP contribution in [-0.4, -0.2) is 61.7 Å². The van der Waals surface area contributed by atoms with Crippen molar-refractivity contribution in [3.8, 4) is 23.0 Å². The number of aromatic hydroxyl groups is 4. The average molecular weight is 507 g/mol. The Morgan fingerprint density at radius 3 is 2.29 bits per heavy atom. The number of amides is 1. The van der Waals surface area contributed by atoms with Crippen molar-refractivity contribution < 1.29 is 40.2 Å². The Balaban J connectivity index is 1.71. The third kappa shape index (κ3) is 5.55. The van der Waals surface area contributed by atoms with Gasteiger partial charge in [0.1, 0.15) is 11.4 Å². The van der Waals surface area contributed by atoms with E-state index in [1.54, 1.807) is 7.11 Å². The molecule has 0 aliphatic heterocycles. The van der Waals surface area contributed by atoms with E-state index in [-0.39, 0.29) is 29.8 Å². The number of carbonyl (C=O) groups is 1. The van der Waals surface area contributed by atoms with E-state index in [0.717, 1.165) is 22.3 Å². The number of carbonyl (C=O) groups excluding carboxylic acids is 1. The predicted molar refractivity (Wildman–Crippen MR) is 127 cm³/mol. The van der Waals surface area contributed by atoms with Gasteiger partial charge in [0.2, 0.25) is 0 Å². The van der Waals surface area contributed by atoms with Crippen LogP contribution in [0.3, 0.4) is 0 Å². The van der Waals surface area contributed by atoms with E-state index in [1.165, 1.54) is 0 Å². The smallest absolute Gasteiger partial charge is 0.291 e. The van der Waals surface area contributed by atoms with E-state index in [1.807, 2.05) is 35.6 Å². The number of thiazole rings is 1. The Hall–Kier alpha value is -3.62. The second-order valence-electron chi connectivity index (χ2n) is 7.53. The number of nitrogen functional groups attached to an aromatic ring is 1. The summed E-state index contributed by atoms with van der Waals surface area (Å²) in [7, 11) is 1.57. The number of hydrogen-bond acceptors (Lipinski definition) is 12. The first kappa shape index (κ1) is 26.0. The number of nitrogens with one attached hydrogen (secondary N) is 2. The summed E-state index contributed by atoms with van der Waals surface area (Å²) in [4.78, 5) is 16.0. The molecular formula is C22H26N4O8S. The second kappa shape index (κ2) is 10.8. The Kier molecular flexibility index (Phi) is 7.99. The first-order valence-electron chi connectivity index (χ1n) is 10.3. The summed E-state index contributed by atoms with van der Waals surface area (Å²) in [6.07, 6.45) is -0.261. The average Bonchev–Trinajstić information content (AvgIpc) is 3.30. The molecule has 10 N–H and O–H groups in total. The van der Waals surface area contributed by atoms with Gasteiger partial charge in [0.15, 0.2) is 28.1 Å². The second-order valence-corrected chi connectivity index (χ2v) is 8.42. The maximum Gasteiger partial charge on any atom is 0.291 e. The summed E-state index contributed by atoms with van der Waals surface area (Å²) >= 11 is 0.853. The van der Waals surface area contributed by atoms with Gasteiger partial charge in [-0.1, -0.05) is 30.3 Å². The van der Waals surface area contributed by atoms with E-state index in [0.29, 0.717) is 6.54 Å². The molecule has 0 radical (unpaired) electrons. The molecule has 0 fully saturated rings. The molecule has 0 saturated carbocycles. The van der Waals surface area contributed by atoms with Crippen LogP contribution in [0.4, 0.5) is 10.8 Å². The van der Waals surface area contributed by atoms with Gasteiger partial charge in [0, 0.05) is 24.6 Å². The van der Waals surface area contributed by atoms with Crippen LogP contribution in [0.25, 0.3) is 0 Å². The van der Waals surface area contributed by atoms with Gasteiger partial charge in [-0.3, -0.25) is 4.79 Å². The molecule has 1 amide bonds. The number of methoxy groups -OCH3 is 1. The van der Waals surface area contributed by atoms with E-state index < -0.39 is 46.1 Å². The zero-order chi connectivity index (χ0) is 25.8. The number of aliphatic hydroxyl groups is 2. The van der Waals surface area contributed by atoms with Crippen molar-refractivity contribution in [2.45, 2.75) is 18.3 Å². The highest BCUT2D eigenvalue weighted by molar-refractivity contribution is 7.13. The number of aromatic nitrogens is 1. The number of ether oxygens (including phenoxy) is 1. The molecule has 2 aromatic carbocycles. The molecule has 0 bridgehead atoms. The maximum atomic E-state index is 12.4. The van der Waals surface area contributed by atoms with Crippen LogP contribution >= 0.6 is 11.3 Å².